The molecule has 1 saturated heterocycles. The number of carbonyl (C=O) groups is 1. The molecule has 0 unspecified atom stereocenters. The maximum Gasteiger partial charge on any atom is 0.321 e. The van der Waals surface area contributed by atoms with E-state index in [1.54, 1.807) is 0 Å². The lowest BCUT2D eigenvalue weighted by Gasteiger charge is -2.34. The van der Waals surface area contributed by atoms with E-state index in [0.717, 1.165) is 44.0 Å². The van der Waals surface area contributed by atoms with Crippen LogP contribution in [0.1, 0.15) is 31.9 Å². The van der Waals surface area contributed by atoms with Crippen molar-refractivity contribution in [2.24, 2.45) is 0 Å². The highest BCUT2D eigenvalue weighted by molar-refractivity contribution is 5.90. The highest BCUT2D eigenvalue weighted by atomic mass is 16.2. The number of urea groups is 1. The lowest BCUT2D eigenvalue weighted by molar-refractivity contribution is 0.156. The second kappa shape index (κ2) is 9.07. The number of hydrogen-bond acceptors (Lipinski definition) is 2. The summed E-state index contributed by atoms with van der Waals surface area (Å²) < 4.78 is 0. The Balaban J connectivity index is 1.50. The highest BCUT2D eigenvalue weighted by Crippen LogP contribution is 2.29. The number of para-hydroxylation sites is 1. The topological polar surface area (TPSA) is 35.6 Å². The first-order chi connectivity index (χ1) is 13.4. The van der Waals surface area contributed by atoms with Crippen molar-refractivity contribution in [3.05, 3.63) is 71.8 Å². The summed E-state index contributed by atoms with van der Waals surface area (Å²) >= 11 is 0. The summed E-state index contributed by atoms with van der Waals surface area (Å²) in [5, 5.41) is 3.12. The Kier molecular flexibility index (Phi) is 6.53. The van der Waals surface area contributed by atoms with Crippen molar-refractivity contribution in [2.45, 2.75) is 26.2 Å². The molecule has 1 aliphatic heterocycles. The Labute approximate surface area is 168 Å². The number of nitrogens with zero attached hydrogens (tertiary/aromatic N) is 2. The van der Waals surface area contributed by atoms with Gasteiger partial charge in [0.2, 0.25) is 0 Å². The van der Waals surface area contributed by atoms with Gasteiger partial charge in [-0.2, -0.15) is 0 Å². The number of nitrogens with one attached hydrogen (secondary N) is 1. The first kappa shape index (κ1) is 20.2. The molecule has 1 N–H and O–H groups in total. The third-order valence-corrected chi connectivity index (χ3v) is 5.11. The van der Waals surface area contributed by atoms with Gasteiger partial charge in [-0.25, -0.2) is 4.79 Å². The molecule has 0 saturated carbocycles. The number of hydrogen-bond donors (Lipinski definition) is 1. The first-order valence-corrected chi connectivity index (χ1v) is 10.0. The van der Waals surface area contributed by atoms with Crippen LogP contribution in [0.25, 0.3) is 6.08 Å². The molecule has 0 radical (unpaired) electrons. The van der Waals surface area contributed by atoms with Crippen LogP contribution in [0, 0.1) is 0 Å². The SMILES string of the molecule is CC(C)(C)c1ccccc1NC(=O)N1CCN(C/C=C/c2ccccc2)CC1. The molecule has 28 heavy (non-hydrogen) atoms. The summed E-state index contributed by atoms with van der Waals surface area (Å²) in [6, 6.07) is 18.4. The van der Waals surface area contributed by atoms with E-state index in [2.05, 4.69) is 73.5 Å². The molecule has 1 fully saturated rings. The standard InChI is InChI=1S/C24H31N3O/c1-24(2,3)21-13-7-8-14-22(21)25-23(28)27-18-16-26(17-19-27)15-9-12-20-10-5-4-6-11-20/h4-14H,15-19H2,1-3H3,(H,25,28)/b12-9+. The van der Waals surface area contributed by atoms with Crippen molar-refractivity contribution in [1.82, 2.24) is 9.80 Å². The molecular formula is C24H31N3O. The minimum absolute atomic E-state index is 0.00354. The van der Waals surface area contributed by atoms with Crippen molar-refractivity contribution in [2.75, 3.05) is 38.0 Å². The second-order valence-electron chi connectivity index (χ2n) is 8.33. The van der Waals surface area contributed by atoms with E-state index < -0.39 is 0 Å². The molecule has 2 aromatic rings. The van der Waals surface area contributed by atoms with E-state index in [0.29, 0.717) is 0 Å². The molecule has 0 spiro atoms. The summed E-state index contributed by atoms with van der Waals surface area (Å²) in [5.74, 6) is 0. The number of rotatable bonds is 4. The molecule has 3 rings (SSSR count). The fourth-order valence-corrected chi connectivity index (χ4v) is 3.48. The molecule has 0 atom stereocenters. The van der Waals surface area contributed by atoms with Crippen LogP contribution in [0.3, 0.4) is 0 Å². The number of carbonyl (C=O) groups excluding carboxylic acids is 1. The zero-order valence-electron chi connectivity index (χ0n) is 17.2. The smallest absolute Gasteiger partial charge is 0.321 e. The fourth-order valence-electron chi connectivity index (χ4n) is 3.48. The van der Waals surface area contributed by atoms with Gasteiger partial charge in [0, 0.05) is 38.4 Å². The number of amides is 2. The van der Waals surface area contributed by atoms with E-state index in [4.69, 9.17) is 0 Å². The van der Waals surface area contributed by atoms with Gasteiger partial charge in [0.25, 0.3) is 0 Å². The van der Waals surface area contributed by atoms with Gasteiger partial charge in [0.05, 0.1) is 0 Å². The molecular weight excluding hydrogens is 346 g/mol. The third kappa shape index (κ3) is 5.46. The normalized spacial score (nSPS) is 15.8. The van der Waals surface area contributed by atoms with Gasteiger partial charge in [0.15, 0.2) is 0 Å². The van der Waals surface area contributed by atoms with Crippen LogP contribution in [-0.2, 0) is 5.41 Å². The summed E-state index contributed by atoms with van der Waals surface area (Å²) in [6.07, 6.45) is 4.35. The molecule has 1 aliphatic rings. The van der Waals surface area contributed by atoms with E-state index in [-0.39, 0.29) is 11.4 Å². The van der Waals surface area contributed by atoms with Gasteiger partial charge in [-0.05, 0) is 22.6 Å². The van der Waals surface area contributed by atoms with Crippen molar-refractivity contribution >= 4 is 17.8 Å². The van der Waals surface area contributed by atoms with Gasteiger partial charge >= 0.3 is 6.03 Å². The van der Waals surface area contributed by atoms with E-state index in [9.17, 15) is 4.79 Å². The molecule has 0 bridgehead atoms. The molecule has 0 aromatic heterocycles. The summed E-state index contributed by atoms with van der Waals surface area (Å²) in [4.78, 5) is 17.0. The summed E-state index contributed by atoms with van der Waals surface area (Å²) in [5.41, 5.74) is 3.28. The maximum absolute atomic E-state index is 12.7. The Morgan fingerprint density at radius 3 is 2.29 bits per heavy atom. The average Bonchev–Trinajstić information content (AvgIpc) is 2.69. The highest BCUT2D eigenvalue weighted by Gasteiger charge is 2.23. The van der Waals surface area contributed by atoms with Gasteiger partial charge in [-0.1, -0.05) is 81.5 Å². The van der Waals surface area contributed by atoms with Crippen molar-refractivity contribution < 1.29 is 4.79 Å². The Morgan fingerprint density at radius 2 is 1.61 bits per heavy atom. The maximum atomic E-state index is 12.7. The molecule has 4 heteroatoms. The van der Waals surface area contributed by atoms with Gasteiger partial charge in [-0.15, -0.1) is 0 Å². The summed E-state index contributed by atoms with van der Waals surface area (Å²) in [6.45, 7) is 10.7. The number of anilines is 1. The predicted octanol–water partition coefficient (Wildman–Crippen LogP) is 4.85. The number of benzene rings is 2. The van der Waals surface area contributed by atoms with Crippen LogP contribution >= 0.6 is 0 Å². The van der Waals surface area contributed by atoms with Crippen molar-refractivity contribution in [1.29, 1.82) is 0 Å². The van der Waals surface area contributed by atoms with Crippen LogP contribution < -0.4 is 5.32 Å². The van der Waals surface area contributed by atoms with Gasteiger partial charge in [-0.3, -0.25) is 4.90 Å². The first-order valence-electron chi connectivity index (χ1n) is 10.0. The minimum atomic E-state index is -0.00629. The Hall–Kier alpha value is -2.59. The van der Waals surface area contributed by atoms with Crippen LogP contribution in [0.4, 0.5) is 10.5 Å². The van der Waals surface area contributed by atoms with E-state index >= 15 is 0 Å². The number of piperazine rings is 1. The third-order valence-electron chi connectivity index (χ3n) is 5.11. The van der Waals surface area contributed by atoms with E-state index in [1.807, 2.05) is 29.2 Å². The van der Waals surface area contributed by atoms with Gasteiger partial charge < -0.3 is 10.2 Å². The monoisotopic (exact) mass is 377 g/mol. The van der Waals surface area contributed by atoms with E-state index in [1.165, 1.54) is 5.56 Å². The Morgan fingerprint density at radius 1 is 0.964 bits per heavy atom. The Bertz CT molecular complexity index is 800. The molecule has 4 nitrogen and oxygen atoms in total. The molecule has 1 heterocycles. The average molecular weight is 378 g/mol. The van der Waals surface area contributed by atoms with Crippen LogP contribution in [0.15, 0.2) is 60.7 Å². The molecule has 148 valence electrons. The van der Waals surface area contributed by atoms with Crippen LogP contribution in [0.2, 0.25) is 0 Å². The largest absolute Gasteiger partial charge is 0.322 e. The second-order valence-corrected chi connectivity index (χ2v) is 8.33. The zero-order valence-corrected chi connectivity index (χ0v) is 17.2. The fraction of sp³-hybridized carbons (Fsp3) is 0.375. The minimum Gasteiger partial charge on any atom is -0.322 e. The lowest BCUT2D eigenvalue weighted by atomic mass is 9.86. The van der Waals surface area contributed by atoms with Crippen LogP contribution in [0.5, 0.6) is 0 Å². The lowest BCUT2D eigenvalue weighted by Crippen LogP contribution is -2.50. The van der Waals surface area contributed by atoms with Crippen molar-refractivity contribution in [3.63, 3.8) is 0 Å². The van der Waals surface area contributed by atoms with Gasteiger partial charge in [0.1, 0.15) is 0 Å². The summed E-state index contributed by atoms with van der Waals surface area (Å²) in [7, 11) is 0. The van der Waals surface area contributed by atoms with Crippen LogP contribution in [-0.4, -0.2) is 48.6 Å². The van der Waals surface area contributed by atoms with Crippen molar-refractivity contribution in [3.8, 4) is 0 Å². The molecule has 2 aromatic carbocycles. The molecule has 0 aliphatic carbocycles. The quantitative estimate of drug-likeness (QED) is 0.827. The molecule has 2 amide bonds. The predicted molar refractivity (Wildman–Crippen MR) is 118 cm³/mol. The zero-order chi connectivity index (χ0) is 20.0.